The van der Waals surface area contributed by atoms with Crippen LogP contribution in [0, 0.1) is 0 Å². The molecule has 0 amide bonds. The van der Waals surface area contributed by atoms with E-state index in [0.717, 1.165) is 41.2 Å². The highest BCUT2D eigenvalue weighted by molar-refractivity contribution is 7.16. The topological polar surface area (TPSA) is 55.1 Å². The lowest BCUT2D eigenvalue weighted by molar-refractivity contribution is 0.673. The quantitative estimate of drug-likeness (QED) is 0.844. The van der Waals surface area contributed by atoms with Gasteiger partial charge in [0, 0.05) is 25.4 Å². The fraction of sp³-hybridized carbons (Fsp3) is 0.700. The van der Waals surface area contributed by atoms with Gasteiger partial charge >= 0.3 is 0 Å². The van der Waals surface area contributed by atoms with Crippen molar-refractivity contribution in [1.82, 2.24) is 25.1 Å². The molecule has 0 atom stereocenters. The summed E-state index contributed by atoms with van der Waals surface area (Å²) in [6, 6.07) is 0.775. The van der Waals surface area contributed by atoms with E-state index in [1.54, 1.807) is 11.3 Å². The molecule has 86 valence electrons. The Morgan fingerprint density at radius 2 is 2.31 bits per heavy atom. The van der Waals surface area contributed by atoms with E-state index in [-0.39, 0.29) is 0 Å². The maximum absolute atomic E-state index is 4.53. The second kappa shape index (κ2) is 4.10. The van der Waals surface area contributed by atoms with Crippen LogP contribution in [-0.2, 0) is 12.8 Å². The van der Waals surface area contributed by atoms with Crippen LogP contribution in [0.1, 0.15) is 30.6 Å². The summed E-state index contributed by atoms with van der Waals surface area (Å²) in [6.45, 7) is 3.10. The van der Waals surface area contributed by atoms with Crippen LogP contribution in [0.4, 0.5) is 0 Å². The number of nitrogens with zero attached hydrogens (tertiary/aromatic N) is 4. The highest BCUT2D eigenvalue weighted by Crippen LogP contribution is 2.19. The Labute approximate surface area is 97.9 Å². The maximum Gasteiger partial charge on any atom is 0.234 e. The zero-order valence-electron chi connectivity index (χ0n) is 9.31. The van der Waals surface area contributed by atoms with Crippen molar-refractivity contribution in [3.8, 4) is 0 Å². The summed E-state index contributed by atoms with van der Waals surface area (Å²) >= 11 is 1.64. The van der Waals surface area contributed by atoms with Crippen LogP contribution in [-0.4, -0.2) is 32.4 Å². The Balaban J connectivity index is 1.69. The molecular weight excluding hydrogens is 222 g/mol. The second-order valence-electron chi connectivity index (χ2n) is 4.14. The summed E-state index contributed by atoms with van der Waals surface area (Å²) in [5.41, 5.74) is 0. The molecule has 1 saturated carbocycles. The fourth-order valence-corrected chi connectivity index (χ4v) is 2.54. The largest absolute Gasteiger partial charge is 0.314 e. The van der Waals surface area contributed by atoms with E-state index in [4.69, 9.17) is 0 Å². The minimum absolute atomic E-state index is 0.775. The lowest BCUT2D eigenvalue weighted by Gasteiger charge is -1.98. The molecule has 6 heteroatoms. The number of hydrogen-bond donors (Lipinski definition) is 1. The van der Waals surface area contributed by atoms with Crippen molar-refractivity contribution in [2.75, 3.05) is 6.54 Å². The summed E-state index contributed by atoms with van der Waals surface area (Å²) in [4.78, 5) is 0.915. The van der Waals surface area contributed by atoms with Gasteiger partial charge in [0.25, 0.3) is 0 Å². The van der Waals surface area contributed by atoms with Crippen molar-refractivity contribution in [3.63, 3.8) is 0 Å². The third-order valence-electron chi connectivity index (χ3n) is 2.76. The number of fused-ring (bicyclic) bond motifs is 1. The predicted octanol–water partition coefficient (Wildman–Crippen LogP) is 1.04. The Kier molecular flexibility index (Phi) is 2.61. The maximum atomic E-state index is 4.53. The van der Waals surface area contributed by atoms with Gasteiger partial charge in [-0.2, -0.15) is 9.61 Å². The summed E-state index contributed by atoms with van der Waals surface area (Å²) in [5.74, 6) is 0.952. The van der Waals surface area contributed by atoms with Crippen molar-refractivity contribution < 1.29 is 0 Å². The molecule has 0 spiro atoms. The highest BCUT2D eigenvalue weighted by atomic mass is 32.1. The molecule has 16 heavy (non-hydrogen) atoms. The molecule has 0 radical (unpaired) electrons. The van der Waals surface area contributed by atoms with Crippen molar-refractivity contribution in [3.05, 3.63) is 10.8 Å². The average molecular weight is 237 g/mol. The van der Waals surface area contributed by atoms with E-state index in [9.17, 15) is 0 Å². The highest BCUT2D eigenvalue weighted by Gasteiger charge is 2.20. The Morgan fingerprint density at radius 3 is 3.06 bits per heavy atom. The predicted molar refractivity (Wildman–Crippen MR) is 62.8 cm³/mol. The van der Waals surface area contributed by atoms with Gasteiger partial charge in [0.1, 0.15) is 5.01 Å². The molecular formula is C10H15N5S. The van der Waals surface area contributed by atoms with Crippen LogP contribution in [0.2, 0.25) is 0 Å². The normalized spacial score (nSPS) is 16.1. The number of rotatable bonds is 5. The lowest BCUT2D eigenvalue weighted by atomic mass is 10.4. The number of hydrogen-bond acceptors (Lipinski definition) is 5. The van der Waals surface area contributed by atoms with Crippen LogP contribution >= 0.6 is 11.3 Å². The van der Waals surface area contributed by atoms with Crippen LogP contribution in [0.25, 0.3) is 4.96 Å². The minimum atomic E-state index is 0.775. The molecule has 2 aromatic heterocycles. The third-order valence-corrected chi connectivity index (χ3v) is 3.72. The average Bonchev–Trinajstić information content (AvgIpc) is 2.88. The van der Waals surface area contributed by atoms with E-state index in [1.807, 2.05) is 4.52 Å². The Hall–Kier alpha value is -1.01. The molecule has 1 aliphatic carbocycles. The molecule has 0 aliphatic heterocycles. The minimum Gasteiger partial charge on any atom is -0.314 e. The zero-order valence-corrected chi connectivity index (χ0v) is 10.1. The first-order valence-corrected chi connectivity index (χ1v) is 6.62. The number of aryl methyl sites for hydroxylation is 1. The van der Waals surface area contributed by atoms with Crippen molar-refractivity contribution in [2.24, 2.45) is 0 Å². The van der Waals surface area contributed by atoms with E-state index in [0.29, 0.717) is 0 Å². The molecule has 1 N–H and O–H groups in total. The molecule has 0 bridgehead atoms. The molecule has 5 nitrogen and oxygen atoms in total. The van der Waals surface area contributed by atoms with E-state index < -0.39 is 0 Å². The summed E-state index contributed by atoms with van der Waals surface area (Å²) in [7, 11) is 0. The zero-order chi connectivity index (χ0) is 11.0. The molecule has 3 rings (SSSR count). The van der Waals surface area contributed by atoms with Gasteiger partial charge in [0.2, 0.25) is 4.96 Å². The van der Waals surface area contributed by atoms with Crippen LogP contribution in [0.5, 0.6) is 0 Å². The van der Waals surface area contributed by atoms with Crippen LogP contribution in [0.3, 0.4) is 0 Å². The number of nitrogens with one attached hydrogen (secondary N) is 1. The van der Waals surface area contributed by atoms with Gasteiger partial charge in [-0.05, 0) is 12.8 Å². The van der Waals surface area contributed by atoms with Gasteiger partial charge in [0.05, 0.1) is 0 Å². The van der Waals surface area contributed by atoms with Crippen LogP contribution in [0.15, 0.2) is 0 Å². The summed E-state index contributed by atoms with van der Waals surface area (Å²) < 4.78 is 1.87. The van der Waals surface area contributed by atoms with Crippen molar-refractivity contribution >= 4 is 16.3 Å². The molecule has 0 unspecified atom stereocenters. The van der Waals surface area contributed by atoms with E-state index in [1.165, 1.54) is 12.8 Å². The molecule has 0 saturated heterocycles. The Morgan fingerprint density at radius 1 is 1.44 bits per heavy atom. The summed E-state index contributed by atoms with van der Waals surface area (Å²) in [6.07, 6.45) is 4.55. The molecule has 1 aliphatic rings. The monoisotopic (exact) mass is 237 g/mol. The number of aromatic nitrogens is 4. The first kappa shape index (κ1) is 10.2. The van der Waals surface area contributed by atoms with Gasteiger partial charge in [-0.15, -0.1) is 10.2 Å². The Bertz CT molecular complexity index is 484. The van der Waals surface area contributed by atoms with E-state index >= 15 is 0 Å². The molecule has 2 heterocycles. The first-order chi connectivity index (χ1) is 7.86. The van der Waals surface area contributed by atoms with Gasteiger partial charge < -0.3 is 5.32 Å². The van der Waals surface area contributed by atoms with Gasteiger partial charge in [-0.25, -0.2) is 0 Å². The van der Waals surface area contributed by atoms with E-state index in [2.05, 4.69) is 27.5 Å². The third kappa shape index (κ3) is 1.94. The smallest absolute Gasteiger partial charge is 0.234 e. The van der Waals surface area contributed by atoms with Crippen LogP contribution < -0.4 is 5.32 Å². The van der Waals surface area contributed by atoms with Gasteiger partial charge in [-0.3, -0.25) is 0 Å². The van der Waals surface area contributed by atoms with Crippen molar-refractivity contribution in [1.29, 1.82) is 0 Å². The van der Waals surface area contributed by atoms with Gasteiger partial charge in [0.15, 0.2) is 5.82 Å². The second-order valence-corrected chi connectivity index (χ2v) is 5.18. The standard InChI is InChI=1S/C10H15N5S/c1-2-8-12-13-10-15(8)14-9(16-10)5-6-11-7-3-4-7/h7,11H,2-6H2,1H3. The lowest BCUT2D eigenvalue weighted by Crippen LogP contribution is -2.19. The summed E-state index contributed by atoms with van der Waals surface area (Å²) in [5, 5.41) is 17.4. The van der Waals surface area contributed by atoms with Crippen molar-refractivity contribution in [2.45, 2.75) is 38.6 Å². The molecule has 1 fully saturated rings. The molecule has 2 aromatic rings. The van der Waals surface area contributed by atoms with Gasteiger partial charge in [-0.1, -0.05) is 18.3 Å². The fourth-order valence-electron chi connectivity index (χ4n) is 1.69. The SMILES string of the molecule is CCc1nnc2sc(CCNC3CC3)nn12. The first-order valence-electron chi connectivity index (χ1n) is 5.80. The molecule has 0 aromatic carbocycles.